The average Bonchev–Trinajstić information content (AvgIpc) is 3.73. The van der Waals surface area contributed by atoms with Gasteiger partial charge in [-0.25, -0.2) is 9.97 Å². The molecule has 0 saturated heterocycles. The molecule has 0 spiro atoms. The maximum atomic E-state index is 14.0. The molecule has 230 valence electrons. The molecule has 2 aromatic heterocycles. The van der Waals surface area contributed by atoms with Crippen LogP contribution < -0.4 is 4.74 Å². The van der Waals surface area contributed by atoms with Gasteiger partial charge in [0.1, 0.15) is 23.1 Å². The van der Waals surface area contributed by atoms with Crippen LogP contribution in [0.5, 0.6) is 11.5 Å². The average molecular weight is 601 g/mol. The molecule has 3 aromatic carbocycles. The monoisotopic (exact) mass is 600 g/mol. The maximum absolute atomic E-state index is 14.0. The third-order valence-electron chi connectivity index (χ3n) is 12.9. The molecule has 7 heteroatoms. The lowest BCUT2D eigenvalue weighted by Gasteiger charge is -2.57. The van der Waals surface area contributed by atoms with Crippen LogP contribution in [0, 0.1) is 5.41 Å². The number of ether oxygens (including phenoxy) is 1. The van der Waals surface area contributed by atoms with E-state index in [0.29, 0.717) is 28.2 Å². The molecule has 0 saturated carbocycles. The Bertz CT molecular complexity index is 2160. The maximum Gasteiger partial charge on any atom is 0.265 e. The number of carbonyl (C=O) groups is 2. The third kappa shape index (κ3) is 3.07. The molecule has 8 rings (SSSR count). The molecule has 4 atom stereocenters. The molecule has 7 nitrogen and oxygen atoms in total. The quantitative estimate of drug-likeness (QED) is 0.191. The summed E-state index contributed by atoms with van der Waals surface area (Å²) in [5.74, 6) is 2.72. The van der Waals surface area contributed by atoms with E-state index in [-0.39, 0.29) is 28.1 Å². The number of imidazole rings is 2. The van der Waals surface area contributed by atoms with Gasteiger partial charge in [-0.15, -0.1) is 0 Å². The second kappa shape index (κ2) is 8.71. The smallest absolute Gasteiger partial charge is 0.265 e. The van der Waals surface area contributed by atoms with Gasteiger partial charge >= 0.3 is 0 Å². The molecule has 0 radical (unpaired) electrons. The highest BCUT2D eigenvalue weighted by Gasteiger charge is 2.58. The molecular weight excluding hydrogens is 560 g/mol. The number of nitrogens with zero attached hydrogens (tertiary/aromatic N) is 4. The predicted octanol–water partition coefficient (Wildman–Crippen LogP) is 8.93. The van der Waals surface area contributed by atoms with Gasteiger partial charge in [-0.3, -0.25) is 18.7 Å². The molecule has 2 aliphatic heterocycles. The molecular formula is C38H40N4O3. The van der Waals surface area contributed by atoms with E-state index < -0.39 is 5.41 Å². The van der Waals surface area contributed by atoms with E-state index in [1.807, 2.05) is 36.4 Å². The number of carbonyl (C=O) groups excluding carboxylic acids is 2. The van der Waals surface area contributed by atoms with E-state index in [1.54, 1.807) is 9.13 Å². The summed E-state index contributed by atoms with van der Waals surface area (Å²) >= 11 is 0. The molecule has 45 heavy (non-hydrogen) atoms. The first-order chi connectivity index (χ1) is 21.4. The molecule has 0 bridgehead atoms. The first-order valence-electron chi connectivity index (χ1n) is 16.4. The lowest BCUT2D eigenvalue weighted by Crippen LogP contribution is -2.54. The Balaban J connectivity index is 1.17. The Hall–Kier alpha value is -4.26. The summed E-state index contributed by atoms with van der Waals surface area (Å²) in [6, 6.07) is 15.9. The summed E-state index contributed by atoms with van der Waals surface area (Å²) < 4.78 is 9.83. The van der Waals surface area contributed by atoms with Crippen molar-refractivity contribution in [3.8, 4) is 22.9 Å². The first kappa shape index (κ1) is 28.2. The number of hydrogen-bond donors (Lipinski definition) is 0. The summed E-state index contributed by atoms with van der Waals surface area (Å²) in [6.07, 6.45) is 3.70. The Morgan fingerprint density at radius 1 is 0.622 bits per heavy atom. The van der Waals surface area contributed by atoms with Crippen LogP contribution in [0.2, 0.25) is 0 Å². The van der Waals surface area contributed by atoms with Gasteiger partial charge in [0.25, 0.3) is 5.91 Å². The number of aromatic nitrogens is 4. The molecule has 4 unspecified atom stereocenters. The lowest BCUT2D eigenvalue weighted by atomic mass is 9.46. The summed E-state index contributed by atoms with van der Waals surface area (Å²) in [5.41, 5.74) is 6.28. The topological polar surface area (TPSA) is 79.0 Å². The second-order valence-corrected chi connectivity index (χ2v) is 14.2. The summed E-state index contributed by atoms with van der Waals surface area (Å²) in [5, 5.41) is 0. The van der Waals surface area contributed by atoms with Crippen LogP contribution in [0.3, 0.4) is 0 Å². The zero-order valence-electron chi connectivity index (χ0n) is 27.5. The van der Waals surface area contributed by atoms with E-state index in [4.69, 9.17) is 14.7 Å². The largest absolute Gasteiger partial charge is 0.457 e. The number of rotatable bonds is 6. The highest BCUT2D eigenvalue weighted by molar-refractivity contribution is 6.14. The van der Waals surface area contributed by atoms with Crippen molar-refractivity contribution in [1.29, 1.82) is 0 Å². The number of hydrogen-bond acceptors (Lipinski definition) is 5. The van der Waals surface area contributed by atoms with E-state index in [1.165, 1.54) is 11.1 Å². The minimum atomic E-state index is -0.542. The van der Waals surface area contributed by atoms with Crippen molar-refractivity contribution in [2.24, 2.45) is 5.41 Å². The van der Waals surface area contributed by atoms with Crippen LogP contribution in [-0.4, -0.2) is 30.9 Å². The van der Waals surface area contributed by atoms with Gasteiger partial charge in [0.05, 0.1) is 33.0 Å². The Morgan fingerprint density at radius 2 is 1.22 bits per heavy atom. The second-order valence-electron chi connectivity index (χ2n) is 14.2. The predicted molar refractivity (Wildman–Crippen MR) is 177 cm³/mol. The highest BCUT2D eigenvalue weighted by Crippen LogP contribution is 2.60. The van der Waals surface area contributed by atoms with Gasteiger partial charge in [0.2, 0.25) is 5.91 Å². The van der Waals surface area contributed by atoms with Crippen molar-refractivity contribution in [3.63, 3.8) is 0 Å². The van der Waals surface area contributed by atoms with Crippen molar-refractivity contribution < 1.29 is 14.3 Å². The fourth-order valence-corrected chi connectivity index (χ4v) is 8.86. The zero-order chi connectivity index (χ0) is 31.8. The van der Waals surface area contributed by atoms with E-state index in [9.17, 15) is 9.59 Å². The molecule has 0 amide bonds. The van der Waals surface area contributed by atoms with Crippen LogP contribution >= 0.6 is 0 Å². The summed E-state index contributed by atoms with van der Waals surface area (Å²) in [6.45, 7) is 17.7. The fraction of sp³-hybridized carbons (Fsp3) is 0.421. The molecule has 0 N–H and O–H groups in total. The normalized spacial score (nSPS) is 27.9. The van der Waals surface area contributed by atoms with Crippen molar-refractivity contribution in [2.75, 3.05) is 0 Å². The minimum Gasteiger partial charge on any atom is -0.457 e. The summed E-state index contributed by atoms with van der Waals surface area (Å²) in [4.78, 5) is 37.7. The van der Waals surface area contributed by atoms with Crippen molar-refractivity contribution in [2.45, 2.75) is 97.3 Å². The fourth-order valence-electron chi connectivity index (χ4n) is 8.86. The lowest BCUT2D eigenvalue weighted by molar-refractivity contribution is 0.0650. The van der Waals surface area contributed by atoms with E-state index >= 15 is 0 Å². The number of benzene rings is 3. The Morgan fingerprint density at radius 3 is 1.91 bits per heavy atom. The van der Waals surface area contributed by atoms with Gasteiger partial charge in [0, 0.05) is 21.8 Å². The van der Waals surface area contributed by atoms with Crippen molar-refractivity contribution >= 4 is 33.9 Å². The minimum absolute atomic E-state index is 0.0678. The first-order valence-corrected chi connectivity index (χ1v) is 16.4. The van der Waals surface area contributed by atoms with E-state index in [0.717, 1.165) is 53.9 Å². The third-order valence-corrected chi connectivity index (χ3v) is 12.9. The molecule has 3 aliphatic rings. The van der Waals surface area contributed by atoms with Gasteiger partial charge in [-0.2, -0.15) is 0 Å². The van der Waals surface area contributed by atoms with Crippen LogP contribution in [0.4, 0.5) is 0 Å². The van der Waals surface area contributed by atoms with Gasteiger partial charge in [-0.1, -0.05) is 54.5 Å². The molecule has 5 aromatic rings. The SMILES string of the molecule is CCC1(C)C(=O)n2c(nc3cc4nc5n(c4cc32)C(=O)c2cc(Oc3ccc4c(c3)C(C)(CC)C4(C)CC)ccc2-5)C1(C)CC. The Labute approximate surface area is 263 Å². The van der Waals surface area contributed by atoms with Gasteiger partial charge in [0.15, 0.2) is 0 Å². The number of fused-ring (bicyclic) bond motifs is 9. The molecule has 4 heterocycles. The van der Waals surface area contributed by atoms with Crippen LogP contribution in [-0.2, 0) is 16.2 Å². The zero-order valence-corrected chi connectivity index (χ0v) is 27.5. The van der Waals surface area contributed by atoms with Gasteiger partial charge in [-0.05, 0) is 86.2 Å². The van der Waals surface area contributed by atoms with E-state index in [2.05, 4.69) is 67.5 Å². The summed E-state index contributed by atoms with van der Waals surface area (Å²) in [7, 11) is 0. The standard InChI is InChI=1S/C38H40N4O3/c1-9-35(5)25-16-14-22(18-26(25)36(35,6)10-2)45-21-13-15-23-24(17-21)32(43)41-29-20-30-28(19-27(29)39-31(23)41)40-33-37(7,11-3)38(8,12-4)34(44)42(30)33/h13-20H,9-12H2,1-8H3. The van der Waals surface area contributed by atoms with Crippen molar-refractivity contribution in [1.82, 2.24) is 19.1 Å². The van der Waals surface area contributed by atoms with Crippen LogP contribution in [0.25, 0.3) is 33.5 Å². The Kier molecular flexibility index (Phi) is 5.47. The van der Waals surface area contributed by atoms with Crippen LogP contribution in [0.15, 0.2) is 48.5 Å². The highest BCUT2D eigenvalue weighted by atomic mass is 16.5. The molecule has 1 aliphatic carbocycles. The van der Waals surface area contributed by atoms with Crippen molar-refractivity contribution in [3.05, 3.63) is 71.0 Å². The molecule has 0 fully saturated rings. The van der Waals surface area contributed by atoms with Gasteiger partial charge < -0.3 is 4.74 Å². The van der Waals surface area contributed by atoms with Crippen LogP contribution in [0.1, 0.15) is 113 Å².